The van der Waals surface area contributed by atoms with E-state index >= 15 is 0 Å². The molecule has 1 heterocycles. The van der Waals surface area contributed by atoms with E-state index in [2.05, 4.69) is 23.7 Å². The molecule has 1 atom stereocenters. The second kappa shape index (κ2) is 7.11. The van der Waals surface area contributed by atoms with E-state index in [1.54, 1.807) is 30.4 Å². The Morgan fingerprint density at radius 2 is 1.90 bits per heavy atom. The predicted octanol–water partition coefficient (Wildman–Crippen LogP) is 3.54. The van der Waals surface area contributed by atoms with Gasteiger partial charge in [-0.05, 0) is 45.0 Å². The summed E-state index contributed by atoms with van der Waals surface area (Å²) >= 11 is 1.56. The first kappa shape index (κ1) is 16.1. The summed E-state index contributed by atoms with van der Waals surface area (Å²) in [5.74, 6) is -0.238. The minimum atomic E-state index is -0.359. The van der Waals surface area contributed by atoms with Gasteiger partial charge in [-0.2, -0.15) is 0 Å². The van der Waals surface area contributed by atoms with E-state index in [0.717, 1.165) is 16.3 Å². The molecular weight excluding hydrogens is 287 g/mol. The normalized spacial score (nSPS) is 13.1. The van der Waals surface area contributed by atoms with Gasteiger partial charge in [-0.3, -0.25) is 4.90 Å². The molecule has 1 N–H and O–H groups in total. The lowest BCUT2D eigenvalue weighted by atomic mass is 10.2. The summed E-state index contributed by atoms with van der Waals surface area (Å²) in [5.41, 5.74) is 1.91. The number of benzene rings is 1. The molecule has 0 spiro atoms. The maximum absolute atomic E-state index is 12.9. The Bertz CT molecular complexity index is 566. The van der Waals surface area contributed by atoms with Gasteiger partial charge in [0.1, 0.15) is 10.8 Å². The summed E-state index contributed by atoms with van der Waals surface area (Å²) in [4.78, 5) is 6.80. The van der Waals surface area contributed by atoms with Crippen LogP contribution in [0.1, 0.15) is 26.5 Å². The Kier molecular flexibility index (Phi) is 5.45. The fourth-order valence-corrected chi connectivity index (χ4v) is 2.93. The molecule has 0 aliphatic carbocycles. The maximum atomic E-state index is 12.9. The van der Waals surface area contributed by atoms with E-state index in [4.69, 9.17) is 0 Å². The predicted molar refractivity (Wildman–Crippen MR) is 84.7 cm³/mol. The Hall–Kier alpha value is -1.30. The third-order valence-electron chi connectivity index (χ3n) is 3.24. The van der Waals surface area contributed by atoms with Crippen LogP contribution in [0.25, 0.3) is 10.6 Å². The topological polar surface area (TPSA) is 36.4 Å². The van der Waals surface area contributed by atoms with Crippen LogP contribution in [0.15, 0.2) is 29.6 Å². The van der Waals surface area contributed by atoms with Gasteiger partial charge in [0.25, 0.3) is 0 Å². The Balaban J connectivity index is 2.10. The number of aliphatic hydroxyl groups excluding tert-OH is 1. The van der Waals surface area contributed by atoms with E-state index in [1.807, 2.05) is 5.38 Å². The number of rotatable bonds is 6. The molecule has 0 fully saturated rings. The quantitative estimate of drug-likeness (QED) is 0.886. The third kappa shape index (κ3) is 4.59. The summed E-state index contributed by atoms with van der Waals surface area (Å²) in [5, 5.41) is 12.5. The molecule has 3 nitrogen and oxygen atoms in total. The van der Waals surface area contributed by atoms with Crippen LogP contribution in [0.5, 0.6) is 0 Å². The highest BCUT2D eigenvalue weighted by atomic mass is 32.1. The monoisotopic (exact) mass is 308 g/mol. The largest absolute Gasteiger partial charge is 0.392 e. The Morgan fingerprint density at radius 1 is 1.24 bits per heavy atom. The molecule has 0 radical (unpaired) electrons. The lowest BCUT2D eigenvalue weighted by molar-refractivity contribution is 0.102. The third-order valence-corrected chi connectivity index (χ3v) is 4.18. The van der Waals surface area contributed by atoms with Gasteiger partial charge >= 0.3 is 0 Å². The molecule has 0 bridgehead atoms. The van der Waals surface area contributed by atoms with E-state index < -0.39 is 0 Å². The number of aliphatic hydroxyl groups is 1. The number of aromatic nitrogens is 1. The van der Waals surface area contributed by atoms with Crippen molar-refractivity contribution < 1.29 is 9.50 Å². The molecule has 0 saturated carbocycles. The van der Waals surface area contributed by atoms with Crippen LogP contribution in [0.4, 0.5) is 4.39 Å². The molecule has 2 aromatic rings. The molecule has 0 amide bonds. The van der Waals surface area contributed by atoms with Crippen molar-refractivity contribution >= 4 is 11.3 Å². The average Bonchev–Trinajstić information content (AvgIpc) is 2.87. The highest BCUT2D eigenvalue weighted by Crippen LogP contribution is 2.24. The van der Waals surface area contributed by atoms with Crippen LogP contribution in [-0.4, -0.2) is 33.7 Å². The van der Waals surface area contributed by atoms with Gasteiger partial charge in [0.05, 0.1) is 11.8 Å². The van der Waals surface area contributed by atoms with Crippen molar-refractivity contribution in [2.45, 2.75) is 39.5 Å². The minimum Gasteiger partial charge on any atom is -0.392 e. The lowest BCUT2D eigenvalue weighted by Crippen LogP contribution is -2.36. The number of hydrogen-bond donors (Lipinski definition) is 1. The Labute approximate surface area is 129 Å². The fourth-order valence-electron chi connectivity index (χ4n) is 2.11. The van der Waals surface area contributed by atoms with Crippen molar-refractivity contribution in [1.82, 2.24) is 9.88 Å². The highest BCUT2D eigenvalue weighted by molar-refractivity contribution is 7.13. The molecule has 21 heavy (non-hydrogen) atoms. The lowest BCUT2D eigenvalue weighted by Gasteiger charge is -2.26. The molecule has 2 rings (SSSR count). The molecule has 0 aliphatic rings. The molecule has 0 saturated heterocycles. The van der Waals surface area contributed by atoms with Crippen molar-refractivity contribution in [2.24, 2.45) is 0 Å². The van der Waals surface area contributed by atoms with Crippen molar-refractivity contribution in [1.29, 1.82) is 0 Å². The SMILES string of the molecule is CC(O)CN(Cc1csc(-c2ccc(F)cc2)n1)C(C)C. The molecule has 0 aliphatic heterocycles. The van der Waals surface area contributed by atoms with Gasteiger partial charge in [0.15, 0.2) is 0 Å². The van der Waals surface area contributed by atoms with Gasteiger partial charge in [0, 0.05) is 30.1 Å². The van der Waals surface area contributed by atoms with E-state index in [9.17, 15) is 9.50 Å². The number of thiazole rings is 1. The summed E-state index contributed by atoms with van der Waals surface area (Å²) in [7, 11) is 0. The first-order chi connectivity index (χ1) is 9.95. The van der Waals surface area contributed by atoms with Gasteiger partial charge in [-0.15, -0.1) is 11.3 Å². The van der Waals surface area contributed by atoms with E-state index in [1.165, 1.54) is 12.1 Å². The fraction of sp³-hybridized carbons (Fsp3) is 0.438. The van der Waals surface area contributed by atoms with Crippen molar-refractivity contribution in [3.63, 3.8) is 0 Å². The summed E-state index contributed by atoms with van der Waals surface area (Å²) in [6, 6.07) is 6.73. The number of nitrogens with zero attached hydrogens (tertiary/aromatic N) is 2. The van der Waals surface area contributed by atoms with Gasteiger partial charge in [-0.1, -0.05) is 0 Å². The van der Waals surface area contributed by atoms with E-state index in [-0.39, 0.29) is 11.9 Å². The van der Waals surface area contributed by atoms with Crippen molar-refractivity contribution in [3.8, 4) is 10.6 Å². The number of halogens is 1. The Morgan fingerprint density at radius 3 is 2.48 bits per heavy atom. The molecule has 1 aromatic heterocycles. The molecule has 5 heteroatoms. The summed E-state index contributed by atoms with van der Waals surface area (Å²) in [6.45, 7) is 7.34. The first-order valence-corrected chi connectivity index (χ1v) is 7.96. The molecule has 114 valence electrons. The smallest absolute Gasteiger partial charge is 0.123 e. The zero-order valence-electron chi connectivity index (χ0n) is 12.6. The van der Waals surface area contributed by atoms with Crippen molar-refractivity contribution in [3.05, 3.63) is 41.2 Å². The van der Waals surface area contributed by atoms with E-state index in [0.29, 0.717) is 19.1 Å². The second-order valence-corrected chi connectivity index (χ2v) is 6.38. The van der Waals surface area contributed by atoms with Crippen molar-refractivity contribution in [2.75, 3.05) is 6.54 Å². The minimum absolute atomic E-state index is 0.238. The molecular formula is C16H21FN2OS. The maximum Gasteiger partial charge on any atom is 0.123 e. The van der Waals surface area contributed by atoms with Crippen LogP contribution in [0, 0.1) is 5.82 Å². The molecule has 1 aromatic carbocycles. The number of hydrogen-bond acceptors (Lipinski definition) is 4. The summed E-state index contributed by atoms with van der Waals surface area (Å²) in [6.07, 6.45) is -0.359. The van der Waals surface area contributed by atoms with Gasteiger partial charge < -0.3 is 5.11 Å². The zero-order chi connectivity index (χ0) is 15.4. The van der Waals surface area contributed by atoms with Crippen LogP contribution < -0.4 is 0 Å². The second-order valence-electron chi connectivity index (χ2n) is 5.52. The highest BCUT2D eigenvalue weighted by Gasteiger charge is 2.14. The van der Waals surface area contributed by atoms with Crippen LogP contribution in [-0.2, 0) is 6.54 Å². The standard InChI is InChI=1S/C16H21FN2OS/c1-11(2)19(8-12(3)20)9-15-10-21-16(18-15)13-4-6-14(17)7-5-13/h4-7,10-12,20H,8-9H2,1-3H3. The zero-order valence-corrected chi connectivity index (χ0v) is 13.4. The van der Waals surface area contributed by atoms with Crippen LogP contribution >= 0.6 is 11.3 Å². The molecule has 1 unspecified atom stereocenters. The van der Waals surface area contributed by atoms with Crippen LogP contribution in [0.2, 0.25) is 0 Å². The summed E-state index contributed by atoms with van der Waals surface area (Å²) < 4.78 is 12.9. The average molecular weight is 308 g/mol. The first-order valence-electron chi connectivity index (χ1n) is 7.08. The van der Waals surface area contributed by atoms with Crippen LogP contribution in [0.3, 0.4) is 0 Å². The van der Waals surface area contributed by atoms with Gasteiger partial charge in [-0.25, -0.2) is 9.37 Å². The van der Waals surface area contributed by atoms with Gasteiger partial charge in [0.2, 0.25) is 0 Å².